The summed E-state index contributed by atoms with van der Waals surface area (Å²) in [5.41, 5.74) is 3.90. The minimum Gasteiger partial charge on any atom is -0.378 e. The van der Waals surface area contributed by atoms with Gasteiger partial charge in [0.1, 0.15) is 0 Å². The van der Waals surface area contributed by atoms with Crippen LogP contribution in [0.2, 0.25) is 0 Å². The van der Waals surface area contributed by atoms with Gasteiger partial charge >= 0.3 is 0 Å². The molecule has 0 aliphatic heterocycles. The van der Waals surface area contributed by atoms with Gasteiger partial charge < -0.3 is 5.11 Å². The molecule has 0 fully saturated rings. The molecule has 132 valence electrons. The van der Waals surface area contributed by atoms with Crippen LogP contribution in [0.25, 0.3) is 21.5 Å². The average Bonchev–Trinajstić information content (AvgIpc) is 2.73. The Morgan fingerprint density at radius 2 is 1.41 bits per heavy atom. The van der Waals surface area contributed by atoms with E-state index in [0.717, 1.165) is 27.1 Å². The van der Waals surface area contributed by atoms with Crippen molar-refractivity contribution in [2.45, 2.75) is 6.10 Å². The van der Waals surface area contributed by atoms with Gasteiger partial charge in [0.15, 0.2) is 6.10 Å². The van der Waals surface area contributed by atoms with Gasteiger partial charge in [-0.15, -0.1) is 0 Å². The molecule has 0 spiro atoms. The van der Waals surface area contributed by atoms with Gasteiger partial charge in [-0.3, -0.25) is 4.79 Å². The van der Waals surface area contributed by atoms with Crippen molar-refractivity contribution in [1.29, 1.82) is 0 Å². The van der Waals surface area contributed by atoms with Gasteiger partial charge in [0, 0.05) is 5.56 Å². The van der Waals surface area contributed by atoms with Crippen LogP contribution in [-0.2, 0) is 4.79 Å². The van der Waals surface area contributed by atoms with Crippen molar-refractivity contribution in [1.82, 2.24) is 5.43 Å². The van der Waals surface area contributed by atoms with Crippen molar-refractivity contribution in [3.8, 4) is 0 Å². The smallest absolute Gasteiger partial charge is 0.273 e. The number of amides is 1. The van der Waals surface area contributed by atoms with Crippen LogP contribution in [-0.4, -0.2) is 17.2 Å². The number of nitrogens with one attached hydrogen (secondary N) is 1. The number of carbonyl (C=O) groups excluding carboxylic acids is 1. The number of carbonyl (C=O) groups is 1. The topological polar surface area (TPSA) is 61.7 Å². The predicted octanol–water partition coefficient (Wildman–Crippen LogP) is 4.18. The molecule has 1 atom stereocenters. The fraction of sp³-hybridized carbons (Fsp3) is 0.0435. The molecule has 27 heavy (non-hydrogen) atoms. The monoisotopic (exact) mass is 354 g/mol. The number of rotatable bonds is 4. The maximum atomic E-state index is 12.2. The minimum atomic E-state index is -1.26. The predicted molar refractivity (Wildman–Crippen MR) is 109 cm³/mol. The van der Waals surface area contributed by atoms with Crippen molar-refractivity contribution in [2.75, 3.05) is 0 Å². The van der Waals surface area contributed by atoms with E-state index in [1.807, 2.05) is 42.5 Å². The minimum absolute atomic E-state index is 0.529. The Bertz CT molecular complexity index is 1080. The lowest BCUT2D eigenvalue weighted by Gasteiger charge is -2.10. The van der Waals surface area contributed by atoms with E-state index in [9.17, 15) is 9.90 Å². The summed E-state index contributed by atoms with van der Waals surface area (Å²) in [7, 11) is 0. The van der Waals surface area contributed by atoms with E-state index in [1.165, 1.54) is 0 Å². The Morgan fingerprint density at radius 1 is 0.852 bits per heavy atom. The maximum Gasteiger partial charge on any atom is 0.273 e. The highest BCUT2D eigenvalue weighted by atomic mass is 16.3. The van der Waals surface area contributed by atoms with Crippen LogP contribution in [0.4, 0.5) is 0 Å². The van der Waals surface area contributed by atoms with Gasteiger partial charge in [-0.05, 0) is 33.2 Å². The molecule has 0 heterocycles. The van der Waals surface area contributed by atoms with Crippen LogP contribution >= 0.6 is 0 Å². The Kier molecular flexibility index (Phi) is 4.64. The summed E-state index contributed by atoms with van der Waals surface area (Å²) in [6, 6.07) is 27.0. The lowest BCUT2D eigenvalue weighted by Crippen LogP contribution is -2.25. The SMILES string of the molecule is O=C(N/N=C\c1c2ccccc2cc2ccccc12)[C@@H](O)c1ccccc1. The van der Waals surface area contributed by atoms with Crippen molar-refractivity contribution < 1.29 is 9.90 Å². The van der Waals surface area contributed by atoms with Gasteiger partial charge in [-0.1, -0.05) is 78.9 Å². The Labute approximate surface area is 156 Å². The van der Waals surface area contributed by atoms with E-state index in [1.54, 1.807) is 30.5 Å². The Morgan fingerprint density at radius 3 is 2.04 bits per heavy atom. The molecule has 4 rings (SSSR count). The Hall–Kier alpha value is -3.50. The molecule has 0 bridgehead atoms. The fourth-order valence-corrected chi connectivity index (χ4v) is 3.20. The van der Waals surface area contributed by atoms with Crippen molar-refractivity contribution in [2.24, 2.45) is 5.10 Å². The van der Waals surface area contributed by atoms with Crippen LogP contribution in [0.1, 0.15) is 17.2 Å². The number of hydrogen-bond acceptors (Lipinski definition) is 3. The highest BCUT2D eigenvalue weighted by Gasteiger charge is 2.16. The van der Waals surface area contributed by atoms with Gasteiger partial charge in [-0.25, -0.2) is 5.43 Å². The first-order chi connectivity index (χ1) is 13.2. The zero-order chi connectivity index (χ0) is 18.6. The third-order valence-electron chi connectivity index (χ3n) is 4.54. The molecule has 0 saturated carbocycles. The summed E-state index contributed by atoms with van der Waals surface area (Å²) >= 11 is 0. The number of benzene rings is 4. The molecule has 4 nitrogen and oxygen atoms in total. The highest BCUT2D eigenvalue weighted by Crippen LogP contribution is 2.27. The first-order valence-electron chi connectivity index (χ1n) is 8.70. The highest BCUT2D eigenvalue weighted by molar-refractivity contribution is 6.13. The number of aliphatic hydroxyl groups excluding tert-OH is 1. The first-order valence-corrected chi connectivity index (χ1v) is 8.70. The molecule has 4 aromatic carbocycles. The number of hydrazone groups is 1. The van der Waals surface area contributed by atoms with Crippen LogP contribution < -0.4 is 5.43 Å². The maximum absolute atomic E-state index is 12.2. The molecule has 4 aromatic rings. The van der Waals surface area contributed by atoms with E-state index in [4.69, 9.17) is 0 Å². The number of aliphatic hydroxyl groups is 1. The van der Waals surface area contributed by atoms with Crippen molar-refractivity contribution >= 4 is 33.7 Å². The third kappa shape index (κ3) is 3.43. The van der Waals surface area contributed by atoms with Gasteiger partial charge in [-0.2, -0.15) is 5.10 Å². The van der Waals surface area contributed by atoms with E-state index in [2.05, 4.69) is 28.7 Å². The molecule has 0 unspecified atom stereocenters. The molecule has 0 radical (unpaired) electrons. The molecular formula is C23H18N2O2. The van der Waals surface area contributed by atoms with E-state index in [0.29, 0.717) is 5.56 Å². The largest absolute Gasteiger partial charge is 0.378 e. The summed E-state index contributed by atoms with van der Waals surface area (Å²) in [6.07, 6.45) is 0.382. The standard InChI is InChI=1S/C23H18N2O2/c26-22(16-8-2-1-3-9-16)23(27)25-24-15-21-19-12-6-4-10-17(19)14-18-11-5-7-13-20(18)21/h1-15,22,26H,(H,25,27)/b24-15-/t22-/m0/s1. The van der Waals surface area contributed by atoms with Gasteiger partial charge in [0.2, 0.25) is 0 Å². The fourth-order valence-electron chi connectivity index (χ4n) is 3.20. The van der Waals surface area contributed by atoms with Crippen molar-refractivity contribution in [3.63, 3.8) is 0 Å². The average molecular weight is 354 g/mol. The lowest BCUT2D eigenvalue weighted by molar-refractivity contribution is -0.129. The second-order valence-corrected chi connectivity index (χ2v) is 6.28. The molecule has 0 aromatic heterocycles. The van der Waals surface area contributed by atoms with Gasteiger partial charge in [0.25, 0.3) is 5.91 Å². The zero-order valence-electron chi connectivity index (χ0n) is 14.5. The molecule has 0 saturated heterocycles. The lowest BCUT2D eigenvalue weighted by atomic mass is 9.97. The van der Waals surface area contributed by atoms with E-state index in [-0.39, 0.29) is 0 Å². The number of nitrogens with zero attached hydrogens (tertiary/aromatic N) is 1. The Balaban J connectivity index is 1.65. The summed E-state index contributed by atoms with van der Waals surface area (Å²) in [6.45, 7) is 0. The van der Waals surface area contributed by atoms with Crippen LogP contribution in [0.5, 0.6) is 0 Å². The van der Waals surface area contributed by atoms with Crippen LogP contribution in [0.3, 0.4) is 0 Å². The summed E-state index contributed by atoms with van der Waals surface area (Å²) in [4.78, 5) is 12.2. The van der Waals surface area contributed by atoms with Crippen LogP contribution in [0, 0.1) is 0 Å². The zero-order valence-corrected chi connectivity index (χ0v) is 14.5. The summed E-state index contributed by atoms with van der Waals surface area (Å²) in [5.74, 6) is -0.568. The van der Waals surface area contributed by atoms with Crippen LogP contribution in [0.15, 0.2) is 90.0 Å². The van der Waals surface area contributed by atoms with E-state index >= 15 is 0 Å². The number of hydrogen-bond donors (Lipinski definition) is 2. The molecule has 1 amide bonds. The molecule has 0 aliphatic carbocycles. The second-order valence-electron chi connectivity index (χ2n) is 6.28. The molecule has 4 heteroatoms. The second kappa shape index (κ2) is 7.40. The normalized spacial score (nSPS) is 12.5. The third-order valence-corrected chi connectivity index (χ3v) is 4.54. The number of fused-ring (bicyclic) bond motifs is 2. The summed E-state index contributed by atoms with van der Waals surface area (Å²) < 4.78 is 0. The molecule has 0 aliphatic rings. The van der Waals surface area contributed by atoms with E-state index < -0.39 is 12.0 Å². The molecular weight excluding hydrogens is 336 g/mol. The summed E-state index contributed by atoms with van der Waals surface area (Å²) in [5, 5.41) is 18.6. The quantitative estimate of drug-likeness (QED) is 0.328. The van der Waals surface area contributed by atoms with Gasteiger partial charge in [0.05, 0.1) is 6.21 Å². The first kappa shape index (κ1) is 16.9. The molecule has 2 N–H and O–H groups in total. The van der Waals surface area contributed by atoms with Crippen molar-refractivity contribution in [3.05, 3.63) is 96.1 Å².